The first-order valence-corrected chi connectivity index (χ1v) is 8.23. The van der Waals surface area contributed by atoms with Crippen molar-refractivity contribution in [2.24, 2.45) is 0 Å². The van der Waals surface area contributed by atoms with E-state index in [1.165, 1.54) is 25.9 Å². The SMILES string of the molecule is O=C(O)C(=O)O.[C-]#[N+]c1ccc(OCCCN(CCC)CCC)cc1. The smallest absolute Gasteiger partial charge is 0.414 e. The lowest BCUT2D eigenvalue weighted by Gasteiger charge is -2.20. The van der Waals surface area contributed by atoms with Crippen LogP contribution in [-0.4, -0.2) is 53.3 Å². The summed E-state index contributed by atoms with van der Waals surface area (Å²) in [6.07, 6.45) is 3.46. The lowest BCUT2D eigenvalue weighted by Crippen LogP contribution is -2.27. The van der Waals surface area contributed by atoms with E-state index in [0.29, 0.717) is 5.69 Å². The number of carboxylic acids is 2. The molecule has 2 N–H and O–H groups in total. The second-order valence-corrected chi connectivity index (χ2v) is 5.26. The van der Waals surface area contributed by atoms with E-state index in [4.69, 9.17) is 31.1 Å². The van der Waals surface area contributed by atoms with E-state index in [2.05, 4.69) is 23.6 Å². The summed E-state index contributed by atoms with van der Waals surface area (Å²) in [7, 11) is 0. The molecule has 7 nitrogen and oxygen atoms in total. The first kappa shape index (κ1) is 22.4. The standard InChI is InChI=1S/C16H24N2O.C2H2O4/c1-4-11-18(12-5-2)13-6-14-19-16-9-7-15(17-3)8-10-16;3-1(4)2(5)6/h7-10H,4-6,11-14H2,1-2H3;(H,3,4)(H,5,6). The summed E-state index contributed by atoms with van der Waals surface area (Å²) < 4.78 is 5.68. The maximum absolute atomic E-state index is 9.10. The molecule has 138 valence electrons. The second-order valence-electron chi connectivity index (χ2n) is 5.26. The molecule has 25 heavy (non-hydrogen) atoms. The minimum Gasteiger partial charge on any atom is -0.494 e. The third kappa shape index (κ3) is 11.6. The van der Waals surface area contributed by atoms with Gasteiger partial charge in [-0.1, -0.05) is 26.0 Å². The zero-order chi connectivity index (χ0) is 19.1. The summed E-state index contributed by atoms with van der Waals surface area (Å²) in [5.41, 5.74) is 0.657. The summed E-state index contributed by atoms with van der Waals surface area (Å²) in [6, 6.07) is 7.32. The van der Waals surface area contributed by atoms with Crippen LogP contribution >= 0.6 is 0 Å². The summed E-state index contributed by atoms with van der Waals surface area (Å²) in [4.78, 5) is 24.1. The van der Waals surface area contributed by atoms with Crippen LogP contribution in [0.15, 0.2) is 24.3 Å². The molecular weight excluding hydrogens is 324 g/mol. The van der Waals surface area contributed by atoms with Gasteiger partial charge in [-0.15, -0.1) is 0 Å². The Kier molecular flexibility index (Phi) is 12.4. The molecule has 0 amide bonds. The number of ether oxygens (including phenoxy) is 1. The molecule has 1 aromatic carbocycles. The van der Waals surface area contributed by atoms with Crippen molar-refractivity contribution in [2.75, 3.05) is 26.2 Å². The van der Waals surface area contributed by atoms with Gasteiger partial charge in [-0.25, -0.2) is 14.4 Å². The monoisotopic (exact) mass is 350 g/mol. The van der Waals surface area contributed by atoms with Gasteiger partial charge in [0.25, 0.3) is 0 Å². The summed E-state index contributed by atoms with van der Waals surface area (Å²) in [5.74, 6) is -2.80. The van der Waals surface area contributed by atoms with Gasteiger partial charge in [0.2, 0.25) is 0 Å². The topological polar surface area (TPSA) is 91.4 Å². The van der Waals surface area contributed by atoms with Gasteiger partial charge in [-0.2, -0.15) is 0 Å². The summed E-state index contributed by atoms with van der Waals surface area (Å²) in [6.45, 7) is 15.5. The van der Waals surface area contributed by atoms with Crippen molar-refractivity contribution in [3.63, 3.8) is 0 Å². The van der Waals surface area contributed by atoms with Crippen LogP contribution in [0.2, 0.25) is 0 Å². The number of aliphatic carboxylic acids is 2. The van der Waals surface area contributed by atoms with Crippen LogP contribution in [0.5, 0.6) is 5.75 Å². The van der Waals surface area contributed by atoms with Gasteiger partial charge in [-0.3, -0.25) is 0 Å². The quantitative estimate of drug-likeness (QED) is 0.403. The number of carbonyl (C=O) groups is 2. The van der Waals surface area contributed by atoms with Crippen LogP contribution < -0.4 is 4.74 Å². The fourth-order valence-electron chi connectivity index (χ4n) is 2.06. The Morgan fingerprint density at radius 1 is 1.04 bits per heavy atom. The van der Waals surface area contributed by atoms with Crippen molar-refractivity contribution >= 4 is 17.6 Å². The molecule has 1 rings (SSSR count). The molecule has 0 saturated carbocycles. The second kappa shape index (κ2) is 13.8. The molecule has 0 radical (unpaired) electrons. The largest absolute Gasteiger partial charge is 0.494 e. The fraction of sp³-hybridized carbons (Fsp3) is 0.500. The molecule has 0 aliphatic carbocycles. The molecule has 0 aliphatic rings. The Balaban J connectivity index is 0.000000823. The van der Waals surface area contributed by atoms with Crippen molar-refractivity contribution in [3.8, 4) is 5.75 Å². The van der Waals surface area contributed by atoms with Crippen LogP contribution in [0.1, 0.15) is 33.1 Å². The Morgan fingerprint density at radius 3 is 1.96 bits per heavy atom. The number of carboxylic acid groups (broad SMARTS) is 2. The molecular formula is C18H26N2O5. The molecule has 0 fully saturated rings. The number of hydrogen-bond donors (Lipinski definition) is 2. The molecule has 0 spiro atoms. The first-order valence-electron chi connectivity index (χ1n) is 8.23. The Bertz CT molecular complexity index is 534. The molecule has 0 aromatic heterocycles. The molecule has 1 aromatic rings. The molecule has 0 unspecified atom stereocenters. The minimum absolute atomic E-state index is 0.657. The zero-order valence-electron chi connectivity index (χ0n) is 14.8. The van der Waals surface area contributed by atoms with E-state index in [0.717, 1.165) is 25.3 Å². The molecule has 0 bridgehead atoms. The molecule has 0 atom stereocenters. The average Bonchev–Trinajstić information content (AvgIpc) is 2.60. The van der Waals surface area contributed by atoms with Crippen molar-refractivity contribution in [1.82, 2.24) is 4.90 Å². The van der Waals surface area contributed by atoms with Gasteiger partial charge >= 0.3 is 11.9 Å². The lowest BCUT2D eigenvalue weighted by molar-refractivity contribution is -0.159. The third-order valence-corrected chi connectivity index (χ3v) is 3.12. The number of rotatable bonds is 9. The van der Waals surface area contributed by atoms with Crippen molar-refractivity contribution in [2.45, 2.75) is 33.1 Å². The van der Waals surface area contributed by atoms with Gasteiger partial charge in [0.15, 0.2) is 5.69 Å². The molecule has 7 heteroatoms. The highest BCUT2D eigenvalue weighted by Crippen LogP contribution is 2.17. The summed E-state index contributed by atoms with van der Waals surface area (Å²) in [5, 5.41) is 14.8. The molecule has 0 saturated heterocycles. The molecule has 0 aliphatic heterocycles. The normalized spacial score (nSPS) is 9.68. The predicted octanol–water partition coefficient (Wildman–Crippen LogP) is 3.28. The third-order valence-electron chi connectivity index (χ3n) is 3.12. The van der Waals surface area contributed by atoms with E-state index in [1.54, 1.807) is 12.1 Å². The number of benzene rings is 1. The predicted molar refractivity (Wildman–Crippen MR) is 95.1 cm³/mol. The average molecular weight is 350 g/mol. The highest BCUT2D eigenvalue weighted by Gasteiger charge is 2.04. The Morgan fingerprint density at radius 2 is 1.56 bits per heavy atom. The van der Waals surface area contributed by atoms with Crippen molar-refractivity contribution in [1.29, 1.82) is 0 Å². The number of hydrogen-bond acceptors (Lipinski definition) is 4. The Hall–Kier alpha value is -2.59. The lowest BCUT2D eigenvalue weighted by atomic mass is 10.3. The highest BCUT2D eigenvalue weighted by atomic mass is 16.5. The van der Waals surface area contributed by atoms with E-state index in [1.807, 2.05) is 12.1 Å². The van der Waals surface area contributed by atoms with Crippen LogP contribution in [0, 0.1) is 6.57 Å². The molecule has 0 heterocycles. The van der Waals surface area contributed by atoms with Gasteiger partial charge in [0, 0.05) is 6.54 Å². The van der Waals surface area contributed by atoms with Crippen LogP contribution in [-0.2, 0) is 9.59 Å². The van der Waals surface area contributed by atoms with Crippen molar-refractivity contribution < 1.29 is 24.5 Å². The van der Waals surface area contributed by atoms with E-state index in [9.17, 15) is 0 Å². The summed E-state index contributed by atoms with van der Waals surface area (Å²) >= 11 is 0. The maximum atomic E-state index is 9.10. The first-order chi connectivity index (χ1) is 11.9. The zero-order valence-corrected chi connectivity index (χ0v) is 14.8. The van der Waals surface area contributed by atoms with Crippen LogP contribution in [0.25, 0.3) is 4.85 Å². The van der Waals surface area contributed by atoms with Crippen LogP contribution in [0.3, 0.4) is 0 Å². The van der Waals surface area contributed by atoms with Crippen molar-refractivity contribution in [3.05, 3.63) is 35.7 Å². The maximum Gasteiger partial charge on any atom is 0.414 e. The van der Waals surface area contributed by atoms with Crippen LogP contribution in [0.4, 0.5) is 5.69 Å². The fourth-order valence-corrected chi connectivity index (χ4v) is 2.06. The van der Waals surface area contributed by atoms with Gasteiger partial charge < -0.3 is 19.8 Å². The van der Waals surface area contributed by atoms with Gasteiger partial charge in [0.1, 0.15) is 5.75 Å². The Labute approximate surface area is 148 Å². The van der Waals surface area contributed by atoms with E-state index in [-0.39, 0.29) is 0 Å². The van der Waals surface area contributed by atoms with Gasteiger partial charge in [-0.05, 0) is 44.5 Å². The van der Waals surface area contributed by atoms with E-state index < -0.39 is 11.9 Å². The van der Waals surface area contributed by atoms with Gasteiger partial charge in [0.05, 0.1) is 13.2 Å². The number of nitrogens with zero attached hydrogens (tertiary/aromatic N) is 2. The minimum atomic E-state index is -1.82. The van der Waals surface area contributed by atoms with E-state index >= 15 is 0 Å². The highest BCUT2D eigenvalue weighted by molar-refractivity contribution is 6.27.